The van der Waals surface area contributed by atoms with Gasteiger partial charge in [0.15, 0.2) is 0 Å². The van der Waals surface area contributed by atoms with Crippen LogP contribution in [-0.2, 0) is 13.3 Å². The first-order valence-electron chi connectivity index (χ1n) is 7.15. The summed E-state index contributed by atoms with van der Waals surface area (Å²) in [5.41, 5.74) is 4.85. The van der Waals surface area contributed by atoms with Gasteiger partial charge in [0.1, 0.15) is 7.59 Å². The van der Waals surface area contributed by atoms with Gasteiger partial charge in [-0.05, 0) is 7.05 Å². The highest BCUT2D eigenvalue weighted by atomic mass is 32.2. The number of rotatable bonds is 3. The van der Waals surface area contributed by atoms with Gasteiger partial charge in [0.25, 0.3) is 0 Å². The van der Waals surface area contributed by atoms with Crippen molar-refractivity contribution >= 4 is 35.7 Å². The molecule has 1 aliphatic heterocycles. The lowest BCUT2D eigenvalue weighted by atomic mass is 10.8. The van der Waals surface area contributed by atoms with Gasteiger partial charge in [-0.25, -0.2) is 0 Å². The van der Waals surface area contributed by atoms with Gasteiger partial charge in [0.05, 0.1) is 8.07 Å². The van der Waals surface area contributed by atoms with Crippen molar-refractivity contribution in [2.75, 3.05) is 32.3 Å². The minimum Gasteiger partial charge on any atom is -0.380 e. The largest absolute Gasteiger partial charge is 0.469 e. The maximum absolute atomic E-state index is 6.55. The maximum Gasteiger partial charge on any atom is 0.469 e. The van der Waals surface area contributed by atoms with Crippen LogP contribution in [0, 0.1) is 0 Å². The fourth-order valence-electron chi connectivity index (χ4n) is 1.91. The van der Waals surface area contributed by atoms with E-state index in [4.69, 9.17) is 13.3 Å². The van der Waals surface area contributed by atoms with Gasteiger partial charge >= 0.3 is 8.32 Å². The number of hydrogen-bond donors (Lipinski definition) is 1. The van der Waals surface area contributed by atoms with E-state index in [1.165, 1.54) is 7.05 Å². The zero-order valence-electron chi connectivity index (χ0n) is 14.4. The van der Waals surface area contributed by atoms with Crippen LogP contribution < -0.4 is 5.73 Å². The summed E-state index contributed by atoms with van der Waals surface area (Å²) in [5.74, 6) is 2.16. The SMILES string of the molecule is CN.CO[Si]1([Si](C)(C)C)OCCSCC([Si](C)(C)C)O1. The fraction of sp³-hybridized carbons (Fsp3) is 1.00. The molecule has 8 heteroatoms. The molecule has 20 heavy (non-hydrogen) atoms. The quantitative estimate of drug-likeness (QED) is 0.789. The Hall–Kier alpha value is 0.841. The van der Waals surface area contributed by atoms with Crippen molar-refractivity contribution in [2.45, 2.75) is 45.0 Å². The summed E-state index contributed by atoms with van der Waals surface area (Å²) in [6, 6.07) is 0. The normalized spacial score (nSPS) is 28.9. The van der Waals surface area contributed by atoms with Gasteiger partial charge in [-0.3, -0.25) is 0 Å². The molecule has 0 aliphatic carbocycles. The third kappa shape index (κ3) is 5.56. The lowest BCUT2D eigenvalue weighted by Gasteiger charge is -2.44. The van der Waals surface area contributed by atoms with Crippen LogP contribution in [0.4, 0.5) is 0 Å². The summed E-state index contributed by atoms with van der Waals surface area (Å²) in [6.07, 6.45) is 0. The van der Waals surface area contributed by atoms with E-state index in [-0.39, 0.29) is 0 Å². The first-order chi connectivity index (χ1) is 9.12. The lowest BCUT2D eigenvalue weighted by molar-refractivity contribution is 0.0906. The topological polar surface area (TPSA) is 53.7 Å². The molecular weight excluding hydrogens is 322 g/mol. The van der Waals surface area contributed by atoms with E-state index in [1.54, 1.807) is 7.11 Å². The molecule has 0 spiro atoms. The minimum absolute atomic E-state index is 0.348. The van der Waals surface area contributed by atoms with E-state index in [9.17, 15) is 0 Å². The third-order valence-corrected chi connectivity index (χ3v) is 17.5. The molecule has 0 aromatic heterocycles. The summed E-state index contributed by atoms with van der Waals surface area (Å²) in [5, 5.41) is 0. The van der Waals surface area contributed by atoms with Crippen LogP contribution in [0.2, 0.25) is 39.3 Å². The van der Waals surface area contributed by atoms with Crippen molar-refractivity contribution < 1.29 is 13.3 Å². The molecule has 1 saturated heterocycles. The molecule has 0 bridgehead atoms. The van der Waals surface area contributed by atoms with Crippen LogP contribution in [0.15, 0.2) is 0 Å². The van der Waals surface area contributed by atoms with Crippen molar-refractivity contribution in [1.29, 1.82) is 0 Å². The molecule has 1 heterocycles. The van der Waals surface area contributed by atoms with Crippen molar-refractivity contribution in [2.24, 2.45) is 5.73 Å². The second kappa shape index (κ2) is 8.47. The Morgan fingerprint density at radius 2 is 1.70 bits per heavy atom. The van der Waals surface area contributed by atoms with Crippen molar-refractivity contribution in [3.05, 3.63) is 0 Å². The van der Waals surface area contributed by atoms with Crippen LogP contribution in [0.3, 0.4) is 0 Å². The summed E-state index contributed by atoms with van der Waals surface area (Å²) in [4.78, 5) is 0. The van der Waals surface area contributed by atoms with Gasteiger partial charge < -0.3 is 19.0 Å². The Labute approximate surface area is 132 Å². The van der Waals surface area contributed by atoms with Gasteiger partial charge in [0, 0.05) is 30.9 Å². The molecule has 122 valence electrons. The molecule has 0 radical (unpaired) electrons. The summed E-state index contributed by atoms with van der Waals surface area (Å²) in [7, 11) is -2.11. The Kier molecular flexibility index (Phi) is 8.82. The maximum atomic E-state index is 6.55. The highest BCUT2D eigenvalue weighted by molar-refractivity contribution is 7.99. The highest BCUT2D eigenvalue weighted by Gasteiger charge is 2.56. The number of nitrogens with two attached hydrogens (primary N) is 1. The van der Waals surface area contributed by atoms with Gasteiger partial charge in [0.2, 0.25) is 0 Å². The Morgan fingerprint density at radius 1 is 1.15 bits per heavy atom. The van der Waals surface area contributed by atoms with Gasteiger partial charge in [-0.2, -0.15) is 11.8 Å². The van der Waals surface area contributed by atoms with Gasteiger partial charge in [-0.1, -0.05) is 39.3 Å². The van der Waals surface area contributed by atoms with Crippen molar-refractivity contribution in [3.63, 3.8) is 0 Å². The highest BCUT2D eigenvalue weighted by Crippen LogP contribution is 2.30. The zero-order valence-corrected chi connectivity index (χ0v) is 18.2. The Bertz CT molecular complexity index is 284. The van der Waals surface area contributed by atoms with Crippen LogP contribution in [0.5, 0.6) is 0 Å². The second-order valence-corrected chi connectivity index (χ2v) is 26.3. The van der Waals surface area contributed by atoms with Crippen LogP contribution in [-0.4, -0.2) is 62.0 Å². The molecular formula is C12H33NO3SSi3. The molecule has 2 atom stereocenters. The van der Waals surface area contributed by atoms with Gasteiger partial charge in [-0.15, -0.1) is 0 Å². The predicted molar refractivity (Wildman–Crippen MR) is 97.7 cm³/mol. The number of hydrogen-bond acceptors (Lipinski definition) is 5. The molecule has 1 aliphatic rings. The van der Waals surface area contributed by atoms with Crippen LogP contribution >= 0.6 is 11.8 Å². The predicted octanol–water partition coefficient (Wildman–Crippen LogP) is 2.59. The van der Waals surface area contributed by atoms with Crippen LogP contribution in [0.1, 0.15) is 0 Å². The smallest absolute Gasteiger partial charge is 0.380 e. The van der Waals surface area contributed by atoms with E-state index in [0.29, 0.717) is 5.73 Å². The fourth-order valence-corrected chi connectivity index (χ4v) is 14.9. The van der Waals surface area contributed by atoms with E-state index < -0.39 is 24.0 Å². The van der Waals surface area contributed by atoms with E-state index >= 15 is 0 Å². The Morgan fingerprint density at radius 3 is 2.10 bits per heavy atom. The first kappa shape index (κ1) is 20.8. The monoisotopic (exact) mass is 355 g/mol. The molecule has 0 aromatic carbocycles. The summed E-state index contributed by atoms with van der Waals surface area (Å²) < 4.78 is 18.6. The Balaban J connectivity index is 0.00000172. The molecule has 0 aromatic rings. The summed E-state index contributed by atoms with van der Waals surface area (Å²) in [6.45, 7) is 14.8. The second-order valence-electron chi connectivity index (χ2n) is 6.91. The minimum atomic E-state index is -2.45. The molecule has 2 unspecified atom stereocenters. The van der Waals surface area contributed by atoms with E-state index in [2.05, 4.69) is 45.0 Å². The molecule has 4 nitrogen and oxygen atoms in total. The van der Waals surface area contributed by atoms with Crippen molar-refractivity contribution in [3.8, 4) is 0 Å². The average molecular weight is 356 g/mol. The molecule has 0 saturated carbocycles. The average Bonchev–Trinajstić information content (AvgIpc) is 2.28. The zero-order chi connectivity index (χ0) is 16.0. The van der Waals surface area contributed by atoms with Crippen molar-refractivity contribution in [1.82, 2.24) is 0 Å². The number of thioether (sulfide) groups is 1. The summed E-state index contributed by atoms with van der Waals surface area (Å²) >= 11 is 1.95. The molecule has 1 fully saturated rings. The standard InChI is InChI=1S/C11H28O3SSi3.CH5N/c1-12-18(17(5,6)7)13-8-9-15-10-11(14-18)16(2,3)4;1-2/h11H,8-10H2,1-7H3;2H2,1H3. The lowest BCUT2D eigenvalue weighted by Crippen LogP contribution is -2.68. The van der Waals surface area contributed by atoms with Crippen LogP contribution in [0.25, 0.3) is 0 Å². The first-order valence-corrected chi connectivity index (χ1v) is 18.1. The van der Waals surface area contributed by atoms with E-state index in [1.807, 2.05) is 11.8 Å². The third-order valence-electron chi connectivity index (χ3n) is 3.24. The molecule has 0 amide bonds. The molecule has 1 rings (SSSR count). The molecule has 2 N–H and O–H groups in total. The van der Waals surface area contributed by atoms with E-state index in [0.717, 1.165) is 18.1 Å².